The van der Waals surface area contributed by atoms with Crippen molar-refractivity contribution in [1.82, 2.24) is 0 Å². The first-order valence-corrected chi connectivity index (χ1v) is 9.99. The van der Waals surface area contributed by atoms with Crippen LogP contribution in [0.15, 0.2) is 40.9 Å². The van der Waals surface area contributed by atoms with Gasteiger partial charge in [-0.25, -0.2) is 0 Å². The Bertz CT molecular complexity index is 795. The molecule has 1 fully saturated rings. The van der Waals surface area contributed by atoms with E-state index >= 15 is 0 Å². The number of nitrogens with one attached hydrogen (secondary N) is 1. The van der Waals surface area contributed by atoms with E-state index in [1.165, 1.54) is 5.56 Å². The fourth-order valence-electron chi connectivity index (χ4n) is 4.21. The normalized spacial score (nSPS) is 24.2. The van der Waals surface area contributed by atoms with E-state index in [9.17, 15) is 0 Å². The molecule has 0 saturated carbocycles. The first-order valence-electron chi connectivity index (χ1n) is 9.20. The first-order chi connectivity index (χ1) is 12.7. The summed E-state index contributed by atoms with van der Waals surface area (Å²) in [6.07, 6.45) is 2.30. The molecule has 2 heterocycles. The van der Waals surface area contributed by atoms with Gasteiger partial charge in [0.05, 0.1) is 25.9 Å². The minimum atomic E-state index is 0.1000. The topological polar surface area (TPSA) is 39.7 Å². The highest BCUT2D eigenvalue weighted by Gasteiger charge is 2.41. The van der Waals surface area contributed by atoms with Crippen LogP contribution in [0.25, 0.3) is 0 Å². The van der Waals surface area contributed by atoms with E-state index in [2.05, 4.69) is 45.5 Å². The molecule has 0 amide bonds. The second-order valence-corrected chi connectivity index (χ2v) is 7.68. The van der Waals surface area contributed by atoms with Crippen molar-refractivity contribution in [2.24, 2.45) is 5.92 Å². The Labute approximate surface area is 163 Å². The van der Waals surface area contributed by atoms with Crippen LogP contribution in [-0.2, 0) is 4.74 Å². The summed E-state index contributed by atoms with van der Waals surface area (Å²) < 4.78 is 18.9. The van der Waals surface area contributed by atoms with Gasteiger partial charge in [-0.05, 0) is 44.0 Å². The number of benzene rings is 2. The fourth-order valence-corrected chi connectivity index (χ4v) is 4.59. The first kappa shape index (κ1) is 17.7. The van der Waals surface area contributed by atoms with E-state index in [0.717, 1.165) is 46.7 Å². The number of para-hydroxylation sites is 1. The molecule has 1 N–H and O–H groups in total. The van der Waals surface area contributed by atoms with Crippen molar-refractivity contribution in [3.63, 3.8) is 0 Å². The van der Waals surface area contributed by atoms with Gasteiger partial charge >= 0.3 is 0 Å². The lowest BCUT2D eigenvalue weighted by Crippen LogP contribution is -2.36. The van der Waals surface area contributed by atoms with Crippen LogP contribution in [-0.4, -0.2) is 20.3 Å². The summed E-state index contributed by atoms with van der Waals surface area (Å²) in [6, 6.07) is 12.6. The molecule has 0 bridgehead atoms. The van der Waals surface area contributed by atoms with Crippen molar-refractivity contribution in [3.8, 4) is 11.5 Å². The Kier molecular flexibility index (Phi) is 5.09. The smallest absolute Gasteiger partial charge is 0.165 e. The van der Waals surface area contributed by atoms with Gasteiger partial charge in [-0.2, -0.15) is 0 Å². The number of anilines is 1. The van der Waals surface area contributed by atoms with Crippen molar-refractivity contribution in [3.05, 3.63) is 52.0 Å². The molecular weight excluding hydrogens is 394 g/mol. The highest BCUT2D eigenvalue weighted by atomic mass is 79.9. The molecule has 0 spiro atoms. The van der Waals surface area contributed by atoms with Gasteiger partial charge in [0, 0.05) is 33.8 Å². The van der Waals surface area contributed by atoms with Crippen molar-refractivity contribution < 1.29 is 14.2 Å². The summed E-state index contributed by atoms with van der Waals surface area (Å²) in [7, 11) is 1.71. The molecule has 0 aromatic heterocycles. The van der Waals surface area contributed by atoms with Crippen LogP contribution in [0, 0.1) is 5.92 Å². The maximum absolute atomic E-state index is 6.23. The zero-order valence-electron chi connectivity index (χ0n) is 15.1. The van der Waals surface area contributed by atoms with Gasteiger partial charge in [-0.1, -0.05) is 28.1 Å². The standard InChI is InChI=1S/C21H24BrNO3/c1-3-25-18-8-4-6-15(21(18)24-2)19-14-7-5-11-26-20(14)16-12-13(22)9-10-17(16)23-19/h4,6,8-10,12,14,19-20,23H,3,5,7,11H2,1-2H3/t14-,19-,20-/m0/s1. The summed E-state index contributed by atoms with van der Waals surface area (Å²) in [5.41, 5.74) is 3.50. The molecule has 4 nitrogen and oxygen atoms in total. The van der Waals surface area contributed by atoms with Crippen LogP contribution < -0.4 is 14.8 Å². The molecule has 5 heteroatoms. The van der Waals surface area contributed by atoms with E-state index in [1.807, 2.05) is 19.1 Å². The molecule has 0 radical (unpaired) electrons. The summed E-state index contributed by atoms with van der Waals surface area (Å²) in [5.74, 6) is 1.97. The van der Waals surface area contributed by atoms with Crippen molar-refractivity contribution in [2.45, 2.75) is 31.9 Å². The van der Waals surface area contributed by atoms with E-state index < -0.39 is 0 Å². The lowest BCUT2D eigenvalue weighted by Gasteiger charge is -2.43. The molecule has 3 atom stereocenters. The van der Waals surface area contributed by atoms with E-state index in [4.69, 9.17) is 14.2 Å². The Balaban J connectivity index is 1.79. The molecule has 2 aromatic carbocycles. The van der Waals surface area contributed by atoms with Gasteiger partial charge in [0.1, 0.15) is 0 Å². The second-order valence-electron chi connectivity index (χ2n) is 6.76. The van der Waals surface area contributed by atoms with Gasteiger partial charge in [-0.15, -0.1) is 0 Å². The zero-order chi connectivity index (χ0) is 18.1. The average Bonchev–Trinajstić information content (AvgIpc) is 2.67. The number of hydrogen-bond donors (Lipinski definition) is 1. The molecule has 2 aliphatic heterocycles. The van der Waals surface area contributed by atoms with Crippen LogP contribution in [0.5, 0.6) is 11.5 Å². The predicted octanol–water partition coefficient (Wildman–Crippen LogP) is 5.49. The van der Waals surface area contributed by atoms with Crippen molar-refractivity contribution in [2.75, 3.05) is 25.6 Å². The molecule has 0 aliphatic carbocycles. The third-order valence-corrected chi connectivity index (χ3v) is 5.77. The van der Waals surface area contributed by atoms with Crippen LogP contribution in [0.2, 0.25) is 0 Å². The van der Waals surface area contributed by atoms with Crippen molar-refractivity contribution >= 4 is 21.6 Å². The van der Waals surface area contributed by atoms with Crippen LogP contribution in [0.3, 0.4) is 0 Å². The number of ether oxygens (including phenoxy) is 3. The largest absolute Gasteiger partial charge is 0.492 e. The van der Waals surface area contributed by atoms with Gasteiger partial charge in [0.25, 0.3) is 0 Å². The summed E-state index contributed by atoms with van der Waals surface area (Å²) in [6.45, 7) is 3.42. The van der Waals surface area contributed by atoms with Gasteiger partial charge < -0.3 is 19.5 Å². The predicted molar refractivity (Wildman–Crippen MR) is 106 cm³/mol. The minimum absolute atomic E-state index is 0.1000. The number of rotatable bonds is 4. The fraction of sp³-hybridized carbons (Fsp3) is 0.429. The Morgan fingerprint density at radius 2 is 2.12 bits per heavy atom. The third kappa shape index (κ3) is 3.08. The summed E-state index contributed by atoms with van der Waals surface area (Å²) in [4.78, 5) is 0. The molecular formula is C21H24BrNO3. The van der Waals surface area contributed by atoms with Gasteiger partial charge in [-0.3, -0.25) is 0 Å². The minimum Gasteiger partial charge on any atom is -0.492 e. The maximum Gasteiger partial charge on any atom is 0.165 e. The van der Waals surface area contributed by atoms with Gasteiger partial charge in [0.2, 0.25) is 0 Å². The highest BCUT2D eigenvalue weighted by Crippen LogP contribution is 2.51. The van der Waals surface area contributed by atoms with Crippen LogP contribution >= 0.6 is 15.9 Å². The molecule has 0 unspecified atom stereocenters. The molecule has 4 rings (SSSR count). The number of halogens is 1. The maximum atomic E-state index is 6.23. The molecule has 138 valence electrons. The Morgan fingerprint density at radius 3 is 2.92 bits per heavy atom. The van der Waals surface area contributed by atoms with E-state index in [-0.39, 0.29) is 12.1 Å². The molecule has 2 aliphatic rings. The second kappa shape index (κ2) is 7.49. The number of methoxy groups -OCH3 is 1. The monoisotopic (exact) mass is 417 g/mol. The average molecular weight is 418 g/mol. The third-order valence-electron chi connectivity index (χ3n) is 5.28. The molecule has 26 heavy (non-hydrogen) atoms. The van der Waals surface area contributed by atoms with E-state index in [0.29, 0.717) is 12.5 Å². The van der Waals surface area contributed by atoms with Crippen LogP contribution in [0.1, 0.15) is 43.0 Å². The lowest BCUT2D eigenvalue weighted by atomic mass is 9.77. The van der Waals surface area contributed by atoms with E-state index in [1.54, 1.807) is 7.11 Å². The molecule has 1 saturated heterocycles. The molecule has 2 aromatic rings. The number of fused-ring (bicyclic) bond motifs is 3. The van der Waals surface area contributed by atoms with Crippen LogP contribution in [0.4, 0.5) is 5.69 Å². The van der Waals surface area contributed by atoms with Crippen molar-refractivity contribution in [1.29, 1.82) is 0 Å². The summed E-state index contributed by atoms with van der Waals surface area (Å²) >= 11 is 3.60. The number of hydrogen-bond acceptors (Lipinski definition) is 4. The van der Waals surface area contributed by atoms with Gasteiger partial charge in [0.15, 0.2) is 11.5 Å². The quantitative estimate of drug-likeness (QED) is 0.713. The Morgan fingerprint density at radius 1 is 1.23 bits per heavy atom. The lowest BCUT2D eigenvalue weighted by molar-refractivity contribution is -0.0383. The highest BCUT2D eigenvalue weighted by molar-refractivity contribution is 9.10. The SMILES string of the molecule is CCOc1cccc([C@H]2Nc3ccc(Br)cc3[C@H]3OCCC[C@@H]23)c1OC. The summed E-state index contributed by atoms with van der Waals surface area (Å²) in [5, 5.41) is 3.75. The Hall–Kier alpha value is -1.72. The zero-order valence-corrected chi connectivity index (χ0v) is 16.7.